The zero-order valence-corrected chi connectivity index (χ0v) is 20.0. The van der Waals surface area contributed by atoms with Crippen molar-refractivity contribution < 1.29 is 17.9 Å². The van der Waals surface area contributed by atoms with Crippen LogP contribution in [0.5, 0.6) is 0 Å². The maximum absolute atomic E-state index is 13.9. The molecule has 0 aliphatic carbocycles. The van der Waals surface area contributed by atoms with Gasteiger partial charge >= 0.3 is 6.18 Å². The van der Waals surface area contributed by atoms with E-state index in [1.54, 1.807) is 6.20 Å². The molecule has 1 spiro atoms. The third-order valence-corrected chi connectivity index (χ3v) is 7.84. The molecule has 0 saturated carbocycles. The molecule has 3 saturated heterocycles. The number of nitrogens with one attached hydrogen (secondary N) is 3. The zero-order valence-electron chi connectivity index (χ0n) is 20.0. The molecule has 36 heavy (non-hydrogen) atoms. The molecule has 0 radical (unpaired) electrons. The number of aromatic amines is 1. The van der Waals surface area contributed by atoms with Crippen molar-refractivity contribution in [3.63, 3.8) is 0 Å². The molecule has 192 valence electrons. The lowest BCUT2D eigenvalue weighted by Gasteiger charge is -2.38. The SMILES string of the molecule is FC(F)(F)c1cnc(N[C@H]2CCCNC2)nc1-c1c[nH]c2nc(N3CCC4(CCOC4)CC3)ccc12. The molecular weight excluding hydrogens is 471 g/mol. The number of halogens is 3. The summed E-state index contributed by atoms with van der Waals surface area (Å²) in [6, 6.07) is 3.81. The molecule has 6 rings (SSSR count). The number of piperidine rings is 2. The van der Waals surface area contributed by atoms with Crippen LogP contribution in [0.4, 0.5) is 24.9 Å². The van der Waals surface area contributed by atoms with Gasteiger partial charge in [-0.05, 0) is 56.2 Å². The number of alkyl halides is 3. The Bertz CT molecular complexity index is 1220. The van der Waals surface area contributed by atoms with Gasteiger partial charge in [-0.15, -0.1) is 0 Å². The van der Waals surface area contributed by atoms with Crippen molar-refractivity contribution in [3.05, 3.63) is 30.1 Å². The molecular formula is C25H30F3N7O. The van der Waals surface area contributed by atoms with Crippen molar-refractivity contribution in [2.24, 2.45) is 5.41 Å². The predicted octanol–water partition coefficient (Wildman–Crippen LogP) is 4.21. The zero-order chi connectivity index (χ0) is 24.8. The van der Waals surface area contributed by atoms with Crippen molar-refractivity contribution in [2.75, 3.05) is 49.6 Å². The Balaban J connectivity index is 1.29. The van der Waals surface area contributed by atoms with Gasteiger partial charge in [-0.3, -0.25) is 0 Å². The average molecular weight is 502 g/mol. The van der Waals surface area contributed by atoms with E-state index in [9.17, 15) is 13.2 Å². The fraction of sp³-hybridized carbons (Fsp3) is 0.560. The van der Waals surface area contributed by atoms with Crippen LogP contribution in [0.3, 0.4) is 0 Å². The van der Waals surface area contributed by atoms with Crippen LogP contribution in [0.2, 0.25) is 0 Å². The van der Waals surface area contributed by atoms with Crippen molar-refractivity contribution in [1.29, 1.82) is 0 Å². The highest BCUT2D eigenvalue weighted by atomic mass is 19.4. The highest BCUT2D eigenvalue weighted by Gasteiger charge is 2.39. The Morgan fingerprint density at radius 3 is 2.72 bits per heavy atom. The van der Waals surface area contributed by atoms with Gasteiger partial charge in [-0.2, -0.15) is 13.2 Å². The Morgan fingerprint density at radius 1 is 1.14 bits per heavy atom. The van der Waals surface area contributed by atoms with Crippen molar-refractivity contribution in [1.82, 2.24) is 25.3 Å². The maximum atomic E-state index is 13.9. The van der Waals surface area contributed by atoms with Crippen LogP contribution < -0.4 is 15.5 Å². The minimum atomic E-state index is -4.58. The van der Waals surface area contributed by atoms with Gasteiger partial charge in [0.05, 0.1) is 12.3 Å². The monoisotopic (exact) mass is 501 g/mol. The van der Waals surface area contributed by atoms with E-state index in [1.807, 2.05) is 12.1 Å². The summed E-state index contributed by atoms with van der Waals surface area (Å²) in [6.07, 6.45) is 3.00. The molecule has 3 aliphatic heterocycles. The fourth-order valence-electron chi connectivity index (χ4n) is 5.64. The van der Waals surface area contributed by atoms with Crippen LogP contribution in [-0.4, -0.2) is 65.4 Å². The number of ether oxygens (including phenoxy) is 1. The standard InChI is InChI=1S/C25H30F3N7O/c26-25(27,28)19-14-31-23(32-16-2-1-8-29-12-16)34-21(19)18-13-30-22-17(18)3-4-20(33-22)35-9-5-24(6-10-35)7-11-36-15-24/h3-4,13-14,16,29H,1-2,5-12,15H2,(H,30,33)(H,31,32,34)/t16-/m0/s1. The van der Waals surface area contributed by atoms with Crippen molar-refractivity contribution in [2.45, 2.75) is 44.3 Å². The molecule has 0 bridgehead atoms. The highest BCUT2D eigenvalue weighted by molar-refractivity contribution is 5.94. The van der Waals surface area contributed by atoms with Crippen LogP contribution >= 0.6 is 0 Å². The second-order valence-electron chi connectivity index (χ2n) is 10.2. The summed E-state index contributed by atoms with van der Waals surface area (Å²) in [5.74, 6) is 1.03. The summed E-state index contributed by atoms with van der Waals surface area (Å²) in [5.41, 5.74) is 0.195. The number of nitrogens with zero attached hydrogens (tertiary/aromatic N) is 4. The Labute approximate surface area is 207 Å². The molecule has 11 heteroatoms. The topological polar surface area (TPSA) is 91.0 Å². The second kappa shape index (κ2) is 9.19. The Morgan fingerprint density at radius 2 is 2.00 bits per heavy atom. The van der Waals surface area contributed by atoms with Crippen LogP contribution in [-0.2, 0) is 10.9 Å². The van der Waals surface area contributed by atoms with Crippen LogP contribution in [0.25, 0.3) is 22.3 Å². The predicted molar refractivity (Wildman–Crippen MR) is 131 cm³/mol. The normalized spacial score (nSPS) is 22.4. The van der Waals surface area contributed by atoms with Gasteiger partial charge in [0.15, 0.2) is 0 Å². The van der Waals surface area contributed by atoms with Gasteiger partial charge in [0.25, 0.3) is 0 Å². The summed E-state index contributed by atoms with van der Waals surface area (Å²) in [4.78, 5) is 18.4. The van der Waals surface area contributed by atoms with E-state index in [-0.39, 0.29) is 17.7 Å². The van der Waals surface area contributed by atoms with Crippen molar-refractivity contribution in [3.8, 4) is 11.3 Å². The molecule has 3 N–H and O–H groups in total. The van der Waals surface area contributed by atoms with Crippen LogP contribution in [0.1, 0.15) is 37.7 Å². The average Bonchev–Trinajstić information content (AvgIpc) is 3.51. The molecule has 6 heterocycles. The lowest BCUT2D eigenvalue weighted by atomic mass is 9.78. The molecule has 0 amide bonds. The number of anilines is 2. The number of hydrogen-bond donors (Lipinski definition) is 3. The van der Waals surface area contributed by atoms with Gasteiger partial charge in [-0.1, -0.05) is 0 Å². The van der Waals surface area contributed by atoms with Gasteiger partial charge in [0, 0.05) is 55.6 Å². The minimum absolute atomic E-state index is 0.0787. The van der Waals surface area contributed by atoms with Gasteiger partial charge < -0.3 is 25.3 Å². The molecule has 0 unspecified atom stereocenters. The molecule has 1 atom stereocenters. The first-order chi connectivity index (χ1) is 17.4. The van der Waals surface area contributed by atoms with Gasteiger partial charge in [0.2, 0.25) is 5.95 Å². The molecule has 3 fully saturated rings. The third kappa shape index (κ3) is 4.50. The quantitative estimate of drug-likeness (QED) is 0.493. The molecule has 8 nitrogen and oxygen atoms in total. The van der Waals surface area contributed by atoms with Crippen LogP contribution in [0.15, 0.2) is 24.5 Å². The summed E-state index contributed by atoms with van der Waals surface area (Å²) in [6.45, 7) is 5.13. The number of hydrogen-bond acceptors (Lipinski definition) is 7. The van der Waals surface area contributed by atoms with E-state index < -0.39 is 11.7 Å². The van der Waals surface area contributed by atoms with E-state index in [2.05, 4.69) is 30.5 Å². The smallest absolute Gasteiger partial charge is 0.381 e. The molecule has 3 aromatic heterocycles. The summed E-state index contributed by atoms with van der Waals surface area (Å²) in [7, 11) is 0. The van der Waals surface area contributed by atoms with Gasteiger partial charge in [-0.25, -0.2) is 15.0 Å². The fourth-order valence-corrected chi connectivity index (χ4v) is 5.64. The molecule has 0 aromatic carbocycles. The number of H-pyrrole nitrogens is 1. The van der Waals surface area contributed by atoms with Crippen LogP contribution in [0, 0.1) is 5.41 Å². The number of fused-ring (bicyclic) bond motifs is 1. The van der Waals surface area contributed by atoms with Gasteiger partial charge in [0.1, 0.15) is 17.0 Å². The minimum Gasteiger partial charge on any atom is -0.381 e. The third-order valence-electron chi connectivity index (χ3n) is 7.84. The van der Waals surface area contributed by atoms with E-state index >= 15 is 0 Å². The lowest BCUT2D eigenvalue weighted by Crippen LogP contribution is -2.40. The van der Waals surface area contributed by atoms with E-state index in [1.165, 1.54) is 0 Å². The summed E-state index contributed by atoms with van der Waals surface area (Å²) >= 11 is 0. The largest absolute Gasteiger partial charge is 0.419 e. The first kappa shape index (κ1) is 23.5. The van der Waals surface area contributed by atoms with E-state index in [4.69, 9.17) is 9.72 Å². The first-order valence-electron chi connectivity index (χ1n) is 12.6. The molecule has 3 aromatic rings. The highest BCUT2D eigenvalue weighted by Crippen LogP contribution is 2.41. The number of aromatic nitrogens is 4. The summed E-state index contributed by atoms with van der Waals surface area (Å²) < 4.78 is 47.4. The van der Waals surface area contributed by atoms with E-state index in [0.717, 1.165) is 83.5 Å². The van der Waals surface area contributed by atoms with Crippen molar-refractivity contribution >= 4 is 22.8 Å². The van der Waals surface area contributed by atoms with E-state index in [0.29, 0.717) is 22.0 Å². The summed E-state index contributed by atoms with van der Waals surface area (Å²) in [5, 5.41) is 7.07. The first-order valence-corrected chi connectivity index (χ1v) is 12.6. The molecule has 3 aliphatic rings. The maximum Gasteiger partial charge on any atom is 0.419 e. The lowest BCUT2D eigenvalue weighted by molar-refractivity contribution is -0.137. The number of rotatable bonds is 4. The second-order valence-corrected chi connectivity index (χ2v) is 10.2. The number of pyridine rings is 1. The Kier molecular flexibility index (Phi) is 5.99. The Hall–Kier alpha value is -2.92.